The highest BCUT2D eigenvalue weighted by Gasteiger charge is 2.34. The van der Waals surface area contributed by atoms with Gasteiger partial charge in [-0.25, -0.2) is 17.8 Å². The number of sulfonamides is 1. The smallest absolute Gasteiger partial charge is 0.262 e. The summed E-state index contributed by atoms with van der Waals surface area (Å²) >= 11 is 5.73. The van der Waals surface area contributed by atoms with Crippen LogP contribution in [-0.4, -0.2) is 41.3 Å². The number of piperidine rings is 1. The van der Waals surface area contributed by atoms with Crippen LogP contribution in [0.5, 0.6) is 0 Å². The van der Waals surface area contributed by atoms with Crippen LogP contribution in [-0.2, 0) is 21.4 Å². The molecule has 0 spiro atoms. The molecule has 27 heavy (non-hydrogen) atoms. The Morgan fingerprint density at radius 2 is 2.22 bits per heavy atom. The largest absolute Gasteiger partial charge is 0.336 e. The lowest BCUT2D eigenvalue weighted by atomic mass is 9.99. The van der Waals surface area contributed by atoms with Crippen LogP contribution in [0.2, 0.25) is 5.02 Å². The monoisotopic (exact) mass is 414 g/mol. The second-order valence-electron chi connectivity index (χ2n) is 6.36. The number of hydrogen-bond donors (Lipinski definition) is 1. The van der Waals surface area contributed by atoms with E-state index in [4.69, 9.17) is 11.6 Å². The second kappa shape index (κ2) is 7.95. The van der Waals surface area contributed by atoms with E-state index < -0.39 is 21.8 Å². The van der Waals surface area contributed by atoms with Gasteiger partial charge in [-0.3, -0.25) is 4.79 Å². The Hall–Kier alpha value is -1.97. The van der Waals surface area contributed by atoms with E-state index in [0.29, 0.717) is 31.6 Å². The number of aromatic nitrogens is 2. The van der Waals surface area contributed by atoms with E-state index in [9.17, 15) is 17.6 Å². The summed E-state index contributed by atoms with van der Waals surface area (Å²) in [5, 5.41) is 2.56. The molecular weight excluding hydrogens is 395 g/mol. The third-order valence-electron chi connectivity index (χ3n) is 4.52. The number of benzene rings is 1. The second-order valence-corrected chi connectivity index (χ2v) is 8.65. The molecule has 1 saturated heterocycles. The lowest BCUT2D eigenvalue weighted by Gasteiger charge is -2.30. The third kappa shape index (κ3) is 4.31. The first-order valence-electron chi connectivity index (χ1n) is 8.59. The van der Waals surface area contributed by atoms with Crippen LogP contribution < -0.4 is 5.32 Å². The Kier molecular flexibility index (Phi) is 5.83. The minimum atomic E-state index is -3.75. The van der Waals surface area contributed by atoms with Gasteiger partial charge in [-0.05, 0) is 38.0 Å². The van der Waals surface area contributed by atoms with Crippen molar-refractivity contribution < 1.29 is 17.6 Å². The van der Waals surface area contributed by atoms with E-state index >= 15 is 0 Å². The van der Waals surface area contributed by atoms with Crippen molar-refractivity contribution in [2.45, 2.75) is 31.3 Å². The Labute approximate surface area is 162 Å². The highest BCUT2D eigenvalue weighted by molar-refractivity contribution is 7.89. The Bertz CT molecular complexity index is 947. The van der Waals surface area contributed by atoms with Crippen molar-refractivity contribution in [3.8, 4) is 0 Å². The summed E-state index contributed by atoms with van der Waals surface area (Å²) in [5.41, 5.74) is 0.369. The fourth-order valence-corrected chi connectivity index (χ4v) is 4.61. The summed E-state index contributed by atoms with van der Waals surface area (Å²) in [6.07, 6.45) is 4.09. The first kappa shape index (κ1) is 19.8. The number of nitrogens with zero attached hydrogens (tertiary/aromatic N) is 3. The summed E-state index contributed by atoms with van der Waals surface area (Å²) in [5.74, 6) is -1.40. The first-order valence-corrected chi connectivity index (χ1v) is 10.4. The number of carbonyl (C=O) groups excluding carboxylic acids is 1. The number of halogens is 2. The van der Waals surface area contributed by atoms with E-state index in [-0.39, 0.29) is 22.5 Å². The van der Waals surface area contributed by atoms with Crippen LogP contribution >= 0.6 is 11.6 Å². The molecule has 1 fully saturated rings. The average molecular weight is 415 g/mol. The summed E-state index contributed by atoms with van der Waals surface area (Å²) in [7, 11) is -3.75. The summed E-state index contributed by atoms with van der Waals surface area (Å²) in [6.45, 7) is 2.92. The van der Waals surface area contributed by atoms with Crippen molar-refractivity contribution in [2.24, 2.45) is 5.92 Å². The van der Waals surface area contributed by atoms with E-state index in [2.05, 4.69) is 10.3 Å². The van der Waals surface area contributed by atoms with Gasteiger partial charge in [-0.2, -0.15) is 4.31 Å². The maximum atomic E-state index is 13.2. The predicted molar refractivity (Wildman–Crippen MR) is 99.4 cm³/mol. The number of carbonyl (C=O) groups is 1. The number of rotatable bonds is 5. The minimum absolute atomic E-state index is 0.0178. The Balaban J connectivity index is 1.71. The Morgan fingerprint density at radius 3 is 2.89 bits per heavy atom. The van der Waals surface area contributed by atoms with Gasteiger partial charge in [0, 0.05) is 31.5 Å². The molecule has 2 aromatic rings. The normalized spacial score (nSPS) is 18.4. The number of amides is 1. The van der Waals surface area contributed by atoms with E-state index in [0.717, 1.165) is 0 Å². The highest BCUT2D eigenvalue weighted by atomic mass is 35.5. The molecule has 3 rings (SSSR count). The van der Waals surface area contributed by atoms with Gasteiger partial charge >= 0.3 is 0 Å². The zero-order valence-electron chi connectivity index (χ0n) is 14.7. The zero-order chi connectivity index (χ0) is 19.6. The molecular formula is C17H20ClFN4O3S. The van der Waals surface area contributed by atoms with Crippen LogP contribution in [0.4, 0.5) is 10.1 Å². The lowest BCUT2D eigenvalue weighted by molar-refractivity contribution is -0.120. The topological polar surface area (TPSA) is 84.3 Å². The Morgan fingerprint density at radius 1 is 1.44 bits per heavy atom. The molecule has 146 valence electrons. The van der Waals surface area contributed by atoms with Crippen molar-refractivity contribution >= 4 is 33.2 Å². The molecule has 0 radical (unpaired) electrons. The average Bonchev–Trinajstić information content (AvgIpc) is 3.15. The molecule has 0 saturated carbocycles. The van der Waals surface area contributed by atoms with Crippen LogP contribution in [0.25, 0.3) is 0 Å². The van der Waals surface area contributed by atoms with E-state index in [1.54, 1.807) is 4.57 Å². The van der Waals surface area contributed by atoms with Crippen LogP contribution in [0.3, 0.4) is 0 Å². The van der Waals surface area contributed by atoms with E-state index in [1.165, 1.54) is 35.0 Å². The lowest BCUT2D eigenvalue weighted by Crippen LogP contribution is -2.43. The van der Waals surface area contributed by atoms with Crippen molar-refractivity contribution in [2.75, 3.05) is 18.4 Å². The number of hydrogen-bond acceptors (Lipinski definition) is 4. The van der Waals surface area contributed by atoms with Crippen molar-refractivity contribution in [1.29, 1.82) is 0 Å². The minimum Gasteiger partial charge on any atom is -0.336 e. The molecule has 0 unspecified atom stereocenters. The molecule has 0 bridgehead atoms. The SMILES string of the molecule is CCn1cnc(S(=O)(=O)N2CCC[C@H](C(=O)Nc3ccc(F)c(Cl)c3)C2)c1. The molecule has 1 N–H and O–H groups in total. The number of imidazole rings is 1. The van der Waals surface area contributed by atoms with Gasteiger partial charge in [0.05, 0.1) is 17.3 Å². The van der Waals surface area contributed by atoms with Crippen LogP contribution in [0.1, 0.15) is 19.8 Å². The van der Waals surface area contributed by atoms with Gasteiger partial charge in [-0.1, -0.05) is 11.6 Å². The molecule has 7 nitrogen and oxygen atoms in total. The van der Waals surface area contributed by atoms with Crippen molar-refractivity contribution in [1.82, 2.24) is 13.9 Å². The van der Waals surface area contributed by atoms with Gasteiger partial charge in [0.2, 0.25) is 5.91 Å². The molecule has 0 aliphatic carbocycles. The maximum absolute atomic E-state index is 13.2. The molecule has 1 atom stereocenters. The van der Waals surface area contributed by atoms with Gasteiger partial charge < -0.3 is 9.88 Å². The number of aryl methyl sites for hydroxylation is 1. The molecule has 1 aliphatic rings. The predicted octanol–water partition coefficient (Wildman–Crippen LogP) is 2.73. The highest BCUT2D eigenvalue weighted by Crippen LogP contribution is 2.25. The van der Waals surface area contributed by atoms with Gasteiger partial charge in [0.15, 0.2) is 5.03 Å². The van der Waals surface area contributed by atoms with Crippen LogP contribution in [0.15, 0.2) is 35.7 Å². The molecule has 1 aliphatic heterocycles. The fourth-order valence-electron chi connectivity index (χ4n) is 2.97. The first-order chi connectivity index (χ1) is 12.8. The number of nitrogens with one attached hydrogen (secondary N) is 1. The molecule has 1 aromatic heterocycles. The zero-order valence-corrected chi connectivity index (χ0v) is 16.3. The van der Waals surface area contributed by atoms with Gasteiger partial charge in [-0.15, -0.1) is 0 Å². The van der Waals surface area contributed by atoms with Gasteiger partial charge in [0.25, 0.3) is 10.0 Å². The maximum Gasteiger partial charge on any atom is 0.262 e. The summed E-state index contributed by atoms with van der Waals surface area (Å²) in [6, 6.07) is 3.90. The van der Waals surface area contributed by atoms with Crippen molar-refractivity contribution in [3.05, 3.63) is 41.6 Å². The van der Waals surface area contributed by atoms with Crippen molar-refractivity contribution in [3.63, 3.8) is 0 Å². The molecule has 1 amide bonds. The van der Waals surface area contributed by atoms with E-state index in [1.807, 2.05) is 6.92 Å². The third-order valence-corrected chi connectivity index (χ3v) is 6.56. The summed E-state index contributed by atoms with van der Waals surface area (Å²) in [4.78, 5) is 16.5. The van der Waals surface area contributed by atoms with Gasteiger partial charge in [0.1, 0.15) is 5.82 Å². The molecule has 1 aromatic carbocycles. The van der Waals surface area contributed by atoms with Crippen LogP contribution in [0, 0.1) is 11.7 Å². The standard InChI is InChI=1S/C17H20ClFN4O3S/c1-2-22-10-16(20-11-22)27(25,26)23-7-3-4-12(9-23)17(24)21-13-5-6-15(19)14(18)8-13/h5-6,8,10-12H,2-4,7,9H2,1H3,(H,21,24)/t12-/m0/s1. The molecule has 10 heteroatoms. The summed E-state index contributed by atoms with van der Waals surface area (Å²) < 4.78 is 41.8. The fraction of sp³-hybridized carbons (Fsp3) is 0.412. The quantitative estimate of drug-likeness (QED) is 0.815. The number of anilines is 1. The molecule has 2 heterocycles.